The van der Waals surface area contributed by atoms with Crippen molar-refractivity contribution >= 4 is 0 Å². The lowest BCUT2D eigenvalue weighted by Crippen LogP contribution is -1.91. The van der Waals surface area contributed by atoms with Crippen LogP contribution in [-0.4, -0.2) is 0 Å². The van der Waals surface area contributed by atoms with E-state index in [9.17, 15) is 0 Å². The van der Waals surface area contributed by atoms with Gasteiger partial charge in [0.05, 0.1) is 0 Å². The Hall–Kier alpha value is 0. The zero-order valence-corrected chi connectivity index (χ0v) is 8.45. The van der Waals surface area contributed by atoms with Gasteiger partial charge in [-0.2, -0.15) is 0 Å². The maximum absolute atomic E-state index is 3.00. The number of rotatable bonds is 7. The van der Waals surface area contributed by atoms with Crippen molar-refractivity contribution in [3.63, 3.8) is 0 Å². The summed E-state index contributed by atoms with van der Waals surface area (Å²) in [6.07, 6.45) is 20.8. The Morgan fingerprint density at radius 1 is 0.846 bits per heavy atom. The van der Waals surface area contributed by atoms with Crippen LogP contribution >= 0.6 is 0 Å². The minimum atomic E-state index is 1.10. The minimum Gasteiger partial charge on any atom is -0.0654 e. The molecule has 0 saturated heterocycles. The molecular formula is C13H17. The molecule has 0 heterocycles. The summed E-state index contributed by atoms with van der Waals surface area (Å²) in [6.45, 7) is 2.25. The summed E-state index contributed by atoms with van der Waals surface area (Å²) in [4.78, 5) is 0. The van der Waals surface area contributed by atoms with E-state index < -0.39 is 0 Å². The van der Waals surface area contributed by atoms with Gasteiger partial charge >= 0.3 is 0 Å². The maximum atomic E-state index is 3.00. The fourth-order valence-electron chi connectivity index (χ4n) is 1.45. The van der Waals surface area contributed by atoms with Crippen molar-refractivity contribution in [3.05, 3.63) is 31.6 Å². The third-order valence-electron chi connectivity index (χ3n) is 2.27. The molecule has 69 valence electrons. The largest absolute Gasteiger partial charge is 0.0654 e. The summed E-state index contributed by atoms with van der Waals surface area (Å²) in [5, 5.41) is 0. The SMILES string of the molecule is CCCCCCCC[C]1[C][C][C][C]1. The van der Waals surface area contributed by atoms with Gasteiger partial charge in [-0.05, 0) is 38.0 Å². The molecule has 0 aromatic rings. The van der Waals surface area contributed by atoms with Crippen LogP contribution in [0.15, 0.2) is 0 Å². The van der Waals surface area contributed by atoms with E-state index in [-0.39, 0.29) is 0 Å². The summed E-state index contributed by atoms with van der Waals surface area (Å²) < 4.78 is 0. The summed E-state index contributed by atoms with van der Waals surface area (Å²) >= 11 is 0. The summed E-state index contributed by atoms with van der Waals surface area (Å²) in [7, 11) is 0. The van der Waals surface area contributed by atoms with Crippen LogP contribution in [0.3, 0.4) is 0 Å². The second-order valence-electron chi connectivity index (χ2n) is 3.50. The van der Waals surface area contributed by atoms with Gasteiger partial charge in [-0.15, -0.1) is 0 Å². The molecule has 0 unspecified atom stereocenters. The molecule has 1 rings (SSSR count). The predicted octanol–water partition coefficient (Wildman–Crippen LogP) is 3.65. The fraction of sp³-hybridized carbons (Fsp3) is 0.615. The first-order valence-corrected chi connectivity index (χ1v) is 5.31. The summed E-state index contributed by atoms with van der Waals surface area (Å²) in [5.74, 6) is 1.15. The van der Waals surface area contributed by atoms with E-state index >= 15 is 0 Å². The average Bonchev–Trinajstić information content (AvgIpc) is 2.63. The molecule has 0 aliphatic heterocycles. The van der Waals surface area contributed by atoms with Crippen molar-refractivity contribution in [3.8, 4) is 0 Å². The van der Waals surface area contributed by atoms with Crippen molar-refractivity contribution in [2.75, 3.05) is 0 Å². The minimum absolute atomic E-state index is 1.10. The number of hydrogen-bond acceptors (Lipinski definition) is 0. The Bertz CT molecular complexity index is 101. The lowest BCUT2D eigenvalue weighted by molar-refractivity contribution is 0.600. The smallest absolute Gasteiger partial charge is 0.0000244 e. The zero-order valence-electron chi connectivity index (χ0n) is 8.45. The van der Waals surface area contributed by atoms with Crippen LogP contribution in [0.2, 0.25) is 0 Å². The molecule has 1 aliphatic rings. The topological polar surface area (TPSA) is 0 Å². The molecule has 0 aromatic carbocycles. The van der Waals surface area contributed by atoms with Gasteiger partial charge in [-0.25, -0.2) is 0 Å². The van der Waals surface area contributed by atoms with Gasteiger partial charge in [0.1, 0.15) is 0 Å². The van der Waals surface area contributed by atoms with E-state index in [1.807, 2.05) is 0 Å². The lowest BCUT2D eigenvalue weighted by Gasteiger charge is -2.05. The van der Waals surface area contributed by atoms with Crippen LogP contribution < -0.4 is 0 Å². The quantitative estimate of drug-likeness (QED) is 0.515. The van der Waals surface area contributed by atoms with Crippen LogP contribution in [0, 0.1) is 31.6 Å². The highest BCUT2D eigenvalue weighted by molar-refractivity contribution is 5.34. The van der Waals surface area contributed by atoms with Gasteiger partial charge in [0.15, 0.2) is 0 Å². The Labute approximate surface area is 84.1 Å². The standard InChI is InChI=1S/C13H17/c1-2-3-4-5-6-7-10-13-11-8-9-12-13/h2-7,10H2,1H3. The van der Waals surface area contributed by atoms with Crippen LogP contribution in [0.25, 0.3) is 0 Å². The van der Waals surface area contributed by atoms with Crippen molar-refractivity contribution in [1.29, 1.82) is 0 Å². The van der Waals surface area contributed by atoms with Gasteiger partial charge in [0, 0.05) is 0 Å². The molecule has 1 aliphatic carbocycles. The van der Waals surface area contributed by atoms with Crippen molar-refractivity contribution in [1.82, 2.24) is 0 Å². The summed E-state index contributed by atoms with van der Waals surface area (Å²) in [6, 6.07) is 0. The van der Waals surface area contributed by atoms with Crippen LogP contribution in [0.5, 0.6) is 0 Å². The van der Waals surface area contributed by atoms with E-state index in [1.54, 1.807) is 0 Å². The zero-order chi connectivity index (χ0) is 9.36. The van der Waals surface area contributed by atoms with Gasteiger partial charge in [-0.1, -0.05) is 45.4 Å². The normalized spacial score (nSPS) is 18.2. The van der Waals surface area contributed by atoms with Gasteiger partial charge in [0.25, 0.3) is 0 Å². The third-order valence-corrected chi connectivity index (χ3v) is 2.27. The summed E-state index contributed by atoms with van der Waals surface area (Å²) in [5.41, 5.74) is 0. The molecule has 9 radical (unpaired) electrons. The molecule has 13 heavy (non-hydrogen) atoms. The molecule has 0 heteroatoms. The van der Waals surface area contributed by atoms with E-state index in [4.69, 9.17) is 0 Å². The molecule has 0 aromatic heterocycles. The number of hydrogen-bond donors (Lipinski definition) is 0. The molecule has 0 N–H and O–H groups in total. The Morgan fingerprint density at radius 2 is 1.46 bits per heavy atom. The first-order chi connectivity index (χ1) is 6.43. The lowest BCUT2D eigenvalue weighted by atomic mass is 9.99. The molecule has 0 nitrogen and oxygen atoms in total. The van der Waals surface area contributed by atoms with E-state index in [2.05, 4.69) is 32.6 Å². The second kappa shape index (κ2) is 7.41. The van der Waals surface area contributed by atoms with E-state index in [0.717, 1.165) is 12.3 Å². The highest BCUT2D eigenvalue weighted by Gasteiger charge is 2.17. The molecule has 0 amide bonds. The van der Waals surface area contributed by atoms with Gasteiger partial charge in [0.2, 0.25) is 0 Å². The first kappa shape index (κ1) is 11.1. The highest BCUT2D eigenvalue weighted by atomic mass is 14.2. The fourth-order valence-corrected chi connectivity index (χ4v) is 1.45. The molecule has 0 bridgehead atoms. The Morgan fingerprint density at radius 3 is 2.15 bits per heavy atom. The molecule has 1 fully saturated rings. The van der Waals surface area contributed by atoms with Gasteiger partial charge in [-0.3, -0.25) is 0 Å². The van der Waals surface area contributed by atoms with Crippen LogP contribution in [-0.2, 0) is 0 Å². The monoisotopic (exact) mass is 173 g/mol. The van der Waals surface area contributed by atoms with Crippen molar-refractivity contribution in [2.45, 2.75) is 51.9 Å². The van der Waals surface area contributed by atoms with Crippen molar-refractivity contribution in [2.24, 2.45) is 0 Å². The molecule has 1 saturated carbocycles. The van der Waals surface area contributed by atoms with E-state index in [1.165, 1.54) is 38.5 Å². The Balaban J connectivity index is 1.78. The molecule has 0 spiro atoms. The predicted molar refractivity (Wildman–Crippen MR) is 54.2 cm³/mol. The highest BCUT2D eigenvalue weighted by Crippen LogP contribution is 2.28. The maximum Gasteiger partial charge on any atom is -0.0000244 e. The van der Waals surface area contributed by atoms with Crippen LogP contribution in [0.4, 0.5) is 0 Å². The van der Waals surface area contributed by atoms with Crippen molar-refractivity contribution < 1.29 is 0 Å². The molecule has 0 atom stereocenters. The van der Waals surface area contributed by atoms with Crippen LogP contribution in [0.1, 0.15) is 51.9 Å². The third kappa shape index (κ3) is 5.33. The Kier molecular flexibility index (Phi) is 6.31. The second-order valence-corrected chi connectivity index (χ2v) is 3.50. The average molecular weight is 173 g/mol. The number of unbranched alkanes of at least 4 members (excludes halogenated alkanes) is 5. The van der Waals surface area contributed by atoms with E-state index in [0.29, 0.717) is 0 Å². The molecular weight excluding hydrogens is 156 g/mol. The first-order valence-electron chi connectivity index (χ1n) is 5.31. The van der Waals surface area contributed by atoms with Gasteiger partial charge < -0.3 is 0 Å².